The van der Waals surface area contributed by atoms with Gasteiger partial charge in [0.1, 0.15) is 0 Å². The Morgan fingerprint density at radius 2 is 2.09 bits per heavy atom. The number of nitrogens with one attached hydrogen (secondary N) is 1. The van der Waals surface area contributed by atoms with Crippen molar-refractivity contribution in [1.29, 1.82) is 0 Å². The molecule has 0 aliphatic rings. The first-order chi connectivity index (χ1) is 11.0. The van der Waals surface area contributed by atoms with Crippen LogP contribution in [0.15, 0.2) is 42.7 Å². The molecule has 1 atom stereocenters. The number of pyridine rings is 1. The van der Waals surface area contributed by atoms with Crippen LogP contribution in [0.3, 0.4) is 0 Å². The van der Waals surface area contributed by atoms with Gasteiger partial charge in [-0.1, -0.05) is 30.1 Å². The summed E-state index contributed by atoms with van der Waals surface area (Å²) in [6.07, 6.45) is 2.29. The molecule has 1 aromatic heterocycles. The van der Waals surface area contributed by atoms with E-state index in [2.05, 4.69) is 10.3 Å². The standard InChI is InChI=1S/C16H14Cl2N2O3/c1-2-14(23-16(22)10-4-3-7-19-9-10)15(21)20-13-8-11(17)5-6-12(13)18/h3-9,14H,2H2,1H3,(H,20,21). The number of hydrogen-bond donors (Lipinski definition) is 1. The van der Waals surface area contributed by atoms with Crippen LogP contribution in [-0.2, 0) is 9.53 Å². The number of benzene rings is 1. The van der Waals surface area contributed by atoms with E-state index in [4.69, 9.17) is 27.9 Å². The molecule has 0 fully saturated rings. The highest BCUT2D eigenvalue weighted by atomic mass is 35.5. The van der Waals surface area contributed by atoms with Crippen molar-refractivity contribution in [2.75, 3.05) is 5.32 Å². The minimum Gasteiger partial charge on any atom is -0.449 e. The van der Waals surface area contributed by atoms with Crippen molar-refractivity contribution in [2.24, 2.45) is 0 Å². The van der Waals surface area contributed by atoms with Gasteiger partial charge in [-0.2, -0.15) is 0 Å². The van der Waals surface area contributed by atoms with Crippen molar-refractivity contribution in [3.05, 3.63) is 58.3 Å². The molecular formula is C16H14Cl2N2O3. The summed E-state index contributed by atoms with van der Waals surface area (Å²) in [6.45, 7) is 1.74. The number of rotatable bonds is 5. The molecule has 0 saturated heterocycles. The minimum absolute atomic E-state index is 0.277. The van der Waals surface area contributed by atoms with E-state index >= 15 is 0 Å². The number of aromatic nitrogens is 1. The van der Waals surface area contributed by atoms with E-state index in [0.29, 0.717) is 22.2 Å². The van der Waals surface area contributed by atoms with Gasteiger partial charge in [0, 0.05) is 17.4 Å². The second-order valence-electron chi connectivity index (χ2n) is 4.66. The third-order valence-electron chi connectivity index (χ3n) is 3.00. The molecule has 1 aromatic carbocycles. The summed E-state index contributed by atoms with van der Waals surface area (Å²) in [5.41, 5.74) is 0.639. The number of nitrogens with zero attached hydrogens (tertiary/aromatic N) is 1. The highest BCUT2D eigenvalue weighted by molar-refractivity contribution is 6.35. The second kappa shape index (κ2) is 7.94. The third kappa shape index (κ3) is 4.68. The van der Waals surface area contributed by atoms with Crippen molar-refractivity contribution in [2.45, 2.75) is 19.4 Å². The summed E-state index contributed by atoms with van der Waals surface area (Å²) < 4.78 is 5.22. The average Bonchev–Trinajstić information content (AvgIpc) is 2.56. The van der Waals surface area contributed by atoms with E-state index in [1.54, 1.807) is 37.4 Å². The lowest BCUT2D eigenvalue weighted by Crippen LogP contribution is -2.32. The smallest absolute Gasteiger partial charge is 0.340 e. The molecule has 0 aliphatic heterocycles. The van der Waals surface area contributed by atoms with E-state index < -0.39 is 18.0 Å². The first-order valence-electron chi connectivity index (χ1n) is 6.88. The van der Waals surface area contributed by atoms with E-state index in [0.717, 1.165) is 0 Å². The van der Waals surface area contributed by atoms with E-state index in [9.17, 15) is 9.59 Å². The molecular weight excluding hydrogens is 339 g/mol. The molecule has 0 radical (unpaired) electrons. The lowest BCUT2D eigenvalue weighted by atomic mass is 10.2. The molecule has 1 unspecified atom stereocenters. The summed E-state index contributed by atoms with van der Waals surface area (Å²) in [6, 6.07) is 7.88. The van der Waals surface area contributed by atoms with Gasteiger partial charge >= 0.3 is 5.97 Å². The molecule has 0 saturated carbocycles. The summed E-state index contributed by atoms with van der Waals surface area (Å²) in [4.78, 5) is 28.1. The largest absolute Gasteiger partial charge is 0.449 e. The van der Waals surface area contributed by atoms with Crippen molar-refractivity contribution in [1.82, 2.24) is 4.98 Å². The molecule has 2 rings (SSSR count). The molecule has 0 aliphatic carbocycles. The van der Waals surface area contributed by atoms with E-state index in [-0.39, 0.29) is 5.56 Å². The maximum absolute atomic E-state index is 12.3. The lowest BCUT2D eigenvalue weighted by Gasteiger charge is -2.16. The molecule has 1 heterocycles. The Kier molecular flexibility index (Phi) is 5.96. The van der Waals surface area contributed by atoms with Crippen molar-refractivity contribution >= 4 is 40.8 Å². The van der Waals surface area contributed by atoms with Crippen molar-refractivity contribution in [3.8, 4) is 0 Å². The number of hydrogen-bond acceptors (Lipinski definition) is 4. The number of esters is 1. The van der Waals surface area contributed by atoms with Crippen LogP contribution in [-0.4, -0.2) is 23.0 Å². The average molecular weight is 353 g/mol. The molecule has 0 bridgehead atoms. The van der Waals surface area contributed by atoms with Gasteiger partial charge in [-0.25, -0.2) is 4.79 Å². The maximum Gasteiger partial charge on any atom is 0.340 e. The van der Waals surface area contributed by atoms with Gasteiger partial charge < -0.3 is 10.1 Å². The molecule has 2 aromatic rings. The summed E-state index contributed by atoms with van der Waals surface area (Å²) >= 11 is 11.9. The lowest BCUT2D eigenvalue weighted by molar-refractivity contribution is -0.124. The molecule has 5 nitrogen and oxygen atoms in total. The number of ether oxygens (including phenoxy) is 1. The van der Waals surface area contributed by atoms with Crippen LogP contribution in [0.2, 0.25) is 10.0 Å². The summed E-state index contributed by atoms with van der Waals surface area (Å²) in [5, 5.41) is 3.39. The Bertz CT molecular complexity index is 708. The Hall–Kier alpha value is -2.11. The Balaban J connectivity index is 2.07. The minimum atomic E-state index is -0.947. The summed E-state index contributed by atoms with van der Waals surface area (Å²) in [7, 11) is 0. The van der Waals surface area contributed by atoms with Gasteiger partial charge in [0.15, 0.2) is 6.10 Å². The topological polar surface area (TPSA) is 68.3 Å². The Morgan fingerprint density at radius 3 is 2.74 bits per heavy atom. The van der Waals surface area contributed by atoms with Crippen molar-refractivity contribution in [3.63, 3.8) is 0 Å². The molecule has 23 heavy (non-hydrogen) atoms. The van der Waals surface area contributed by atoms with E-state index in [1.165, 1.54) is 12.3 Å². The number of carbonyl (C=O) groups excluding carboxylic acids is 2. The monoisotopic (exact) mass is 352 g/mol. The third-order valence-corrected chi connectivity index (χ3v) is 3.56. The molecule has 1 amide bonds. The molecule has 1 N–H and O–H groups in total. The number of amides is 1. The van der Waals surface area contributed by atoms with Gasteiger partial charge in [0.05, 0.1) is 16.3 Å². The summed E-state index contributed by atoms with van der Waals surface area (Å²) in [5.74, 6) is -1.09. The predicted molar refractivity (Wildman–Crippen MR) is 88.8 cm³/mol. The van der Waals surface area contributed by atoms with E-state index in [1.807, 2.05) is 0 Å². The van der Waals surface area contributed by atoms with Gasteiger partial charge in [0.25, 0.3) is 5.91 Å². The highest BCUT2D eigenvalue weighted by Gasteiger charge is 2.22. The SMILES string of the molecule is CCC(OC(=O)c1cccnc1)C(=O)Nc1cc(Cl)ccc1Cl. The van der Waals surface area contributed by atoms with Crippen LogP contribution in [0.4, 0.5) is 5.69 Å². The molecule has 0 spiro atoms. The predicted octanol–water partition coefficient (Wildman–Crippen LogP) is 3.96. The van der Waals surface area contributed by atoms with Crippen LogP contribution in [0.25, 0.3) is 0 Å². The number of halogens is 2. The van der Waals surface area contributed by atoms with Gasteiger partial charge in [0.2, 0.25) is 0 Å². The fourth-order valence-electron chi connectivity index (χ4n) is 1.81. The fraction of sp³-hybridized carbons (Fsp3) is 0.188. The van der Waals surface area contributed by atoms with Crippen LogP contribution in [0.5, 0.6) is 0 Å². The van der Waals surface area contributed by atoms with Gasteiger partial charge in [-0.3, -0.25) is 9.78 Å². The van der Waals surface area contributed by atoms with Crippen LogP contribution >= 0.6 is 23.2 Å². The maximum atomic E-state index is 12.3. The zero-order valence-corrected chi connectivity index (χ0v) is 13.8. The first kappa shape index (κ1) is 17.2. The van der Waals surface area contributed by atoms with Crippen LogP contribution in [0.1, 0.15) is 23.7 Å². The number of carbonyl (C=O) groups is 2. The highest BCUT2D eigenvalue weighted by Crippen LogP contribution is 2.25. The zero-order chi connectivity index (χ0) is 16.8. The van der Waals surface area contributed by atoms with Crippen LogP contribution in [0, 0.1) is 0 Å². The normalized spacial score (nSPS) is 11.6. The van der Waals surface area contributed by atoms with Gasteiger partial charge in [-0.15, -0.1) is 0 Å². The Labute approximate surface area is 143 Å². The molecule has 7 heteroatoms. The second-order valence-corrected chi connectivity index (χ2v) is 5.50. The fourth-order valence-corrected chi connectivity index (χ4v) is 2.15. The quantitative estimate of drug-likeness (QED) is 0.826. The molecule has 120 valence electrons. The zero-order valence-electron chi connectivity index (χ0n) is 12.3. The van der Waals surface area contributed by atoms with Crippen molar-refractivity contribution < 1.29 is 14.3 Å². The van der Waals surface area contributed by atoms with Gasteiger partial charge in [-0.05, 0) is 36.8 Å². The first-order valence-corrected chi connectivity index (χ1v) is 7.63. The Morgan fingerprint density at radius 1 is 1.30 bits per heavy atom. The van der Waals surface area contributed by atoms with Crippen LogP contribution < -0.4 is 5.32 Å². The number of anilines is 1.